The molecule has 0 fully saturated rings. The van der Waals surface area contributed by atoms with Crippen LogP contribution < -0.4 is 5.48 Å². The van der Waals surface area contributed by atoms with Crippen molar-refractivity contribution in [2.45, 2.75) is 13.8 Å². The van der Waals surface area contributed by atoms with Gasteiger partial charge in [0, 0.05) is 19.4 Å². The molecule has 1 heterocycles. The van der Waals surface area contributed by atoms with Gasteiger partial charge in [-0.1, -0.05) is 13.8 Å². The van der Waals surface area contributed by atoms with Gasteiger partial charge in [-0.2, -0.15) is 0 Å². The molecule has 14 heavy (non-hydrogen) atoms. The number of hydrogen-bond acceptors (Lipinski definition) is 3. The Bertz CT molecular complexity index is 307. The molecule has 1 aromatic heterocycles. The summed E-state index contributed by atoms with van der Waals surface area (Å²) >= 11 is 0. The number of aromatic nitrogens is 2. The second-order valence-electron chi connectivity index (χ2n) is 3.50. The number of hydroxylamine groups is 1. The molecule has 0 saturated carbocycles. The fraction of sp³-hybridized carbons (Fsp3) is 0.556. The molecule has 1 aromatic rings. The maximum absolute atomic E-state index is 11.4. The van der Waals surface area contributed by atoms with Crippen LogP contribution in [0.3, 0.4) is 0 Å². The Kier molecular flexibility index (Phi) is 3.64. The summed E-state index contributed by atoms with van der Waals surface area (Å²) in [6.45, 7) is 4.51. The Morgan fingerprint density at radius 1 is 1.71 bits per heavy atom. The Hall–Kier alpha value is -1.36. The predicted molar refractivity (Wildman–Crippen MR) is 51.5 cm³/mol. The van der Waals surface area contributed by atoms with Gasteiger partial charge in [-0.25, -0.2) is 10.5 Å². The highest BCUT2D eigenvalue weighted by Crippen LogP contribution is 1.95. The van der Waals surface area contributed by atoms with Crippen LogP contribution in [-0.4, -0.2) is 22.1 Å². The highest BCUT2D eigenvalue weighted by atomic mass is 16.7. The second kappa shape index (κ2) is 4.76. The first-order valence-corrected chi connectivity index (χ1v) is 4.50. The summed E-state index contributed by atoms with van der Waals surface area (Å²) in [6.07, 6.45) is 3.27. The SMILES string of the molecule is CC(C)CONC(=O)c1nccn1C. The number of amides is 1. The van der Waals surface area contributed by atoms with Crippen LogP contribution in [0, 0.1) is 5.92 Å². The van der Waals surface area contributed by atoms with E-state index in [1.807, 2.05) is 13.8 Å². The average Bonchev–Trinajstić information content (AvgIpc) is 2.50. The number of carbonyl (C=O) groups is 1. The van der Waals surface area contributed by atoms with Crippen molar-refractivity contribution in [1.82, 2.24) is 15.0 Å². The lowest BCUT2D eigenvalue weighted by Crippen LogP contribution is -2.27. The summed E-state index contributed by atoms with van der Waals surface area (Å²) in [5, 5.41) is 0. The van der Waals surface area contributed by atoms with Crippen molar-refractivity contribution in [3.8, 4) is 0 Å². The summed E-state index contributed by atoms with van der Waals surface area (Å²) in [6, 6.07) is 0. The van der Waals surface area contributed by atoms with Gasteiger partial charge < -0.3 is 4.57 Å². The van der Waals surface area contributed by atoms with E-state index < -0.39 is 0 Å². The standard InChI is InChI=1S/C9H15N3O2/c1-7(2)6-14-11-9(13)8-10-4-5-12(8)3/h4-5,7H,6H2,1-3H3,(H,11,13). The molecule has 0 spiro atoms. The number of nitrogens with zero attached hydrogens (tertiary/aromatic N) is 2. The third-order valence-corrected chi connectivity index (χ3v) is 1.61. The number of rotatable bonds is 4. The molecule has 0 aliphatic carbocycles. The van der Waals surface area contributed by atoms with Crippen molar-refractivity contribution in [2.75, 3.05) is 6.61 Å². The number of nitrogens with one attached hydrogen (secondary N) is 1. The molecule has 0 saturated heterocycles. The van der Waals surface area contributed by atoms with Gasteiger partial charge in [-0.05, 0) is 5.92 Å². The molecule has 1 rings (SSSR count). The molecular weight excluding hydrogens is 182 g/mol. The van der Waals surface area contributed by atoms with Crippen LogP contribution in [-0.2, 0) is 11.9 Å². The lowest BCUT2D eigenvalue weighted by molar-refractivity contribution is 0.0198. The van der Waals surface area contributed by atoms with E-state index in [1.165, 1.54) is 0 Å². The molecule has 0 bridgehead atoms. The zero-order valence-electron chi connectivity index (χ0n) is 8.65. The van der Waals surface area contributed by atoms with Crippen molar-refractivity contribution in [1.29, 1.82) is 0 Å². The molecule has 5 heteroatoms. The van der Waals surface area contributed by atoms with E-state index in [4.69, 9.17) is 4.84 Å². The number of carbonyl (C=O) groups excluding carboxylic acids is 1. The molecule has 0 aliphatic heterocycles. The smallest absolute Gasteiger partial charge is 0.310 e. The van der Waals surface area contributed by atoms with Crippen LogP contribution in [0.5, 0.6) is 0 Å². The van der Waals surface area contributed by atoms with Gasteiger partial charge in [0.25, 0.3) is 0 Å². The summed E-state index contributed by atoms with van der Waals surface area (Å²) < 4.78 is 1.63. The van der Waals surface area contributed by atoms with E-state index in [0.717, 1.165) is 0 Å². The first-order chi connectivity index (χ1) is 6.61. The highest BCUT2D eigenvalue weighted by Gasteiger charge is 2.10. The fourth-order valence-corrected chi connectivity index (χ4v) is 0.904. The number of aryl methyl sites for hydroxylation is 1. The van der Waals surface area contributed by atoms with Gasteiger partial charge in [-0.3, -0.25) is 9.63 Å². The minimum Gasteiger partial charge on any atom is -0.330 e. The first-order valence-electron chi connectivity index (χ1n) is 4.50. The Labute approximate surface area is 83.0 Å². The quantitative estimate of drug-likeness (QED) is 0.724. The molecule has 0 aliphatic rings. The predicted octanol–water partition coefficient (Wildman–Crippen LogP) is 0.737. The van der Waals surface area contributed by atoms with Crippen LogP contribution in [0.15, 0.2) is 12.4 Å². The monoisotopic (exact) mass is 197 g/mol. The second-order valence-corrected chi connectivity index (χ2v) is 3.50. The van der Waals surface area contributed by atoms with Crippen molar-refractivity contribution in [3.63, 3.8) is 0 Å². The molecule has 5 nitrogen and oxygen atoms in total. The summed E-state index contributed by atoms with van der Waals surface area (Å²) in [5.41, 5.74) is 2.33. The summed E-state index contributed by atoms with van der Waals surface area (Å²) in [7, 11) is 1.75. The molecule has 0 unspecified atom stereocenters. The minimum atomic E-state index is -0.321. The molecule has 0 aromatic carbocycles. The van der Waals surface area contributed by atoms with Crippen molar-refractivity contribution in [3.05, 3.63) is 18.2 Å². The average molecular weight is 197 g/mol. The lowest BCUT2D eigenvalue weighted by atomic mass is 10.2. The van der Waals surface area contributed by atoms with Crippen LogP contribution in [0.2, 0.25) is 0 Å². The maximum atomic E-state index is 11.4. The zero-order valence-corrected chi connectivity index (χ0v) is 8.65. The van der Waals surface area contributed by atoms with E-state index >= 15 is 0 Å². The van der Waals surface area contributed by atoms with Crippen LogP contribution in [0.25, 0.3) is 0 Å². The van der Waals surface area contributed by atoms with E-state index in [-0.39, 0.29) is 5.91 Å². The molecule has 78 valence electrons. The van der Waals surface area contributed by atoms with Gasteiger partial charge in [0.05, 0.1) is 6.61 Å². The van der Waals surface area contributed by atoms with Gasteiger partial charge in [-0.15, -0.1) is 0 Å². The van der Waals surface area contributed by atoms with Crippen LogP contribution >= 0.6 is 0 Å². The number of hydrogen-bond donors (Lipinski definition) is 1. The Morgan fingerprint density at radius 2 is 2.43 bits per heavy atom. The first kappa shape index (κ1) is 10.7. The van der Waals surface area contributed by atoms with E-state index in [9.17, 15) is 4.79 Å². The zero-order chi connectivity index (χ0) is 10.6. The minimum absolute atomic E-state index is 0.321. The summed E-state index contributed by atoms with van der Waals surface area (Å²) in [4.78, 5) is 20.3. The van der Waals surface area contributed by atoms with Crippen molar-refractivity contribution in [2.24, 2.45) is 13.0 Å². The molecule has 1 N–H and O–H groups in total. The van der Waals surface area contributed by atoms with Crippen molar-refractivity contribution >= 4 is 5.91 Å². The fourth-order valence-electron chi connectivity index (χ4n) is 0.904. The highest BCUT2D eigenvalue weighted by molar-refractivity contribution is 5.89. The van der Waals surface area contributed by atoms with Gasteiger partial charge in [0.1, 0.15) is 0 Å². The van der Waals surface area contributed by atoms with E-state index in [1.54, 1.807) is 24.0 Å². The van der Waals surface area contributed by atoms with Crippen LogP contribution in [0.4, 0.5) is 0 Å². The molecule has 1 amide bonds. The molecular formula is C9H15N3O2. The Balaban J connectivity index is 2.40. The molecule has 0 radical (unpaired) electrons. The van der Waals surface area contributed by atoms with Gasteiger partial charge >= 0.3 is 5.91 Å². The van der Waals surface area contributed by atoms with Gasteiger partial charge in [0.15, 0.2) is 0 Å². The lowest BCUT2D eigenvalue weighted by Gasteiger charge is -2.07. The third kappa shape index (κ3) is 2.85. The van der Waals surface area contributed by atoms with Gasteiger partial charge in [0.2, 0.25) is 5.82 Å². The maximum Gasteiger partial charge on any atom is 0.310 e. The largest absolute Gasteiger partial charge is 0.330 e. The van der Waals surface area contributed by atoms with E-state index in [0.29, 0.717) is 18.3 Å². The van der Waals surface area contributed by atoms with Crippen molar-refractivity contribution < 1.29 is 9.63 Å². The van der Waals surface area contributed by atoms with Crippen LogP contribution in [0.1, 0.15) is 24.5 Å². The topological polar surface area (TPSA) is 56.1 Å². The molecule has 0 atom stereocenters. The Morgan fingerprint density at radius 3 is 2.93 bits per heavy atom. The number of imidazole rings is 1. The van der Waals surface area contributed by atoms with E-state index in [2.05, 4.69) is 10.5 Å². The normalized spacial score (nSPS) is 10.6. The third-order valence-electron chi connectivity index (χ3n) is 1.61. The summed E-state index contributed by atoms with van der Waals surface area (Å²) in [5.74, 6) is 0.406.